The molecular formula is C14H13F3O3. The molecule has 3 nitrogen and oxygen atoms in total. The van der Waals surface area contributed by atoms with Crippen LogP contribution in [0.2, 0.25) is 0 Å². The molecule has 0 aromatic heterocycles. The molecule has 0 radical (unpaired) electrons. The van der Waals surface area contributed by atoms with Gasteiger partial charge >= 0.3 is 12.1 Å². The Morgan fingerprint density at radius 1 is 1.35 bits per heavy atom. The highest BCUT2D eigenvalue weighted by molar-refractivity contribution is 5.77. The molecule has 0 saturated heterocycles. The molecule has 0 N–H and O–H groups in total. The first-order chi connectivity index (χ1) is 9.38. The molecular weight excluding hydrogens is 273 g/mol. The van der Waals surface area contributed by atoms with E-state index in [1.54, 1.807) is 6.92 Å². The average Bonchev–Trinajstić information content (AvgIpc) is 2.38. The zero-order valence-corrected chi connectivity index (χ0v) is 10.7. The van der Waals surface area contributed by atoms with Gasteiger partial charge in [0.1, 0.15) is 6.29 Å². The van der Waals surface area contributed by atoms with Crippen LogP contribution in [0.3, 0.4) is 0 Å². The van der Waals surface area contributed by atoms with E-state index in [4.69, 9.17) is 0 Å². The van der Waals surface area contributed by atoms with Crippen LogP contribution in [-0.4, -0.2) is 18.9 Å². The Kier molecular flexibility index (Phi) is 5.49. The van der Waals surface area contributed by atoms with Gasteiger partial charge in [0.2, 0.25) is 0 Å². The zero-order chi connectivity index (χ0) is 15.2. The first-order valence-corrected chi connectivity index (χ1v) is 5.87. The summed E-state index contributed by atoms with van der Waals surface area (Å²) in [5, 5.41) is 0. The molecule has 0 aliphatic heterocycles. The Hall–Kier alpha value is -2.11. The van der Waals surface area contributed by atoms with Gasteiger partial charge in [-0.05, 0) is 18.6 Å². The van der Waals surface area contributed by atoms with E-state index in [0.717, 1.165) is 6.07 Å². The SMILES string of the molecule is CCOC(=O)CC=Cc1ccc(C=O)cc1C(F)(F)F. The summed E-state index contributed by atoms with van der Waals surface area (Å²) in [6.45, 7) is 1.86. The van der Waals surface area contributed by atoms with Crippen LogP contribution in [-0.2, 0) is 15.7 Å². The molecule has 0 aliphatic rings. The van der Waals surface area contributed by atoms with E-state index in [-0.39, 0.29) is 24.2 Å². The van der Waals surface area contributed by atoms with E-state index in [1.807, 2.05) is 0 Å². The van der Waals surface area contributed by atoms with Crippen molar-refractivity contribution in [3.63, 3.8) is 0 Å². The zero-order valence-electron chi connectivity index (χ0n) is 10.7. The van der Waals surface area contributed by atoms with Gasteiger partial charge in [-0.1, -0.05) is 24.3 Å². The smallest absolute Gasteiger partial charge is 0.417 e. The third kappa shape index (κ3) is 4.53. The van der Waals surface area contributed by atoms with Crippen LogP contribution in [0, 0.1) is 0 Å². The number of carbonyl (C=O) groups is 2. The van der Waals surface area contributed by atoms with E-state index < -0.39 is 17.7 Å². The normalized spacial score (nSPS) is 11.6. The van der Waals surface area contributed by atoms with Gasteiger partial charge in [-0.15, -0.1) is 0 Å². The Balaban J connectivity index is 2.97. The highest BCUT2D eigenvalue weighted by Crippen LogP contribution is 2.33. The lowest BCUT2D eigenvalue weighted by molar-refractivity contribution is -0.142. The first-order valence-electron chi connectivity index (χ1n) is 5.87. The average molecular weight is 286 g/mol. The topological polar surface area (TPSA) is 43.4 Å². The maximum atomic E-state index is 12.8. The standard InChI is InChI=1S/C14H13F3O3/c1-2-20-13(19)5-3-4-11-7-6-10(9-18)8-12(11)14(15,16)17/h3-4,6-9H,2,5H2,1H3. The number of aldehydes is 1. The van der Waals surface area contributed by atoms with Gasteiger partial charge in [-0.3, -0.25) is 9.59 Å². The minimum Gasteiger partial charge on any atom is -0.466 e. The fourth-order valence-corrected chi connectivity index (χ4v) is 1.54. The number of esters is 1. The summed E-state index contributed by atoms with van der Waals surface area (Å²) in [4.78, 5) is 21.6. The Labute approximate surface area is 114 Å². The molecule has 6 heteroatoms. The van der Waals surface area contributed by atoms with E-state index in [9.17, 15) is 22.8 Å². The van der Waals surface area contributed by atoms with E-state index >= 15 is 0 Å². The number of benzene rings is 1. The Morgan fingerprint density at radius 3 is 2.60 bits per heavy atom. The van der Waals surface area contributed by atoms with Gasteiger partial charge in [0, 0.05) is 5.56 Å². The van der Waals surface area contributed by atoms with Crippen molar-refractivity contribution in [3.05, 3.63) is 41.0 Å². The molecule has 108 valence electrons. The van der Waals surface area contributed by atoms with Crippen LogP contribution in [0.1, 0.15) is 34.8 Å². The molecule has 1 aromatic rings. The molecule has 0 amide bonds. The maximum Gasteiger partial charge on any atom is 0.417 e. The van der Waals surface area contributed by atoms with Crippen LogP contribution in [0.5, 0.6) is 0 Å². The van der Waals surface area contributed by atoms with Gasteiger partial charge in [-0.2, -0.15) is 13.2 Å². The lowest BCUT2D eigenvalue weighted by Gasteiger charge is -2.10. The van der Waals surface area contributed by atoms with Crippen molar-refractivity contribution in [2.24, 2.45) is 0 Å². The first kappa shape index (κ1) is 15.9. The number of halogens is 3. The van der Waals surface area contributed by atoms with Crippen LogP contribution in [0.15, 0.2) is 24.3 Å². The highest BCUT2D eigenvalue weighted by Gasteiger charge is 2.32. The van der Waals surface area contributed by atoms with Crippen molar-refractivity contribution in [1.29, 1.82) is 0 Å². The summed E-state index contributed by atoms with van der Waals surface area (Å²) in [7, 11) is 0. The third-order valence-corrected chi connectivity index (χ3v) is 2.41. The molecule has 0 bridgehead atoms. The van der Waals surface area contributed by atoms with Crippen molar-refractivity contribution >= 4 is 18.3 Å². The molecule has 0 heterocycles. The highest BCUT2D eigenvalue weighted by atomic mass is 19.4. The van der Waals surface area contributed by atoms with Gasteiger partial charge < -0.3 is 4.74 Å². The fraction of sp³-hybridized carbons (Fsp3) is 0.286. The summed E-state index contributed by atoms with van der Waals surface area (Å²) in [5.74, 6) is -0.512. The maximum absolute atomic E-state index is 12.8. The lowest BCUT2D eigenvalue weighted by atomic mass is 10.0. The minimum atomic E-state index is -4.57. The van der Waals surface area contributed by atoms with Crippen LogP contribution < -0.4 is 0 Å². The minimum absolute atomic E-state index is 0.0557. The third-order valence-electron chi connectivity index (χ3n) is 2.41. The van der Waals surface area contributed by atoms with Gasteiger partial charge in [0.05, 0.1) is 18.6 Å². The molecule has 0 saturated carbocycles. The summed E-state index contributed by atoms with van der Waals surface area (Å²) < 4.78 is 43.1. The van der Waals surface area contributed by atoms with Crippen molar-refractivity contribution in [2.45, 2.75) is 19.5 Å². The van der Waals surface area contributed by atoms with Crippen molar-refractivity contribution in [2.75, 3.05) is 6.61 Å². The quantitative estimate of drug-likeness (QED) is 0.614. The predicted molar refractivity (Wildman–Crippen MR) is 67.1 cm³/mol. The van der Waals surface area contributed by atoms with Crippen LogP contribution in [0.4, 0.5) is 13.2 Å². The number of hydrogen-bond acceptors (Lipinski definition) is 3. The fourth-order valence-electron chi connectivity index (χ4n) is 1.54. The molecule has 0 atom stereocenters. The molecule has 0 fully saturated rings. The van der Waals surface area contributed by atoms with Gasteiger partial charge in [0.25, 0.3) is 0 Å². The largest absolute Gasteiger partial charge is 0.466 e. The Bertz CT molecular complexity index is 519. The monoisotopic (exact) mass is 286 g/mol. The van der Waals surface area contributed by atoms with Crippen LogP contribution in [0.25, 0.3) is 6.08 Å². The summed E-state index contributed by atoms with van der Waals surface area (Å²) in [6.07, 6.45) is -1.85. The van der Waals surface area contributed by atoms with E-state index in [0.29, 0.717) is 6.29 Å². The number of carbonyl (C=O) groups excluding carboxylic acids is 2. The van der Waals surface area contributed by atoms with Gasteiger partial charge in [0.15, 0.2) is 0 Å². The van der Waals surface area contributed by atoms with Gasteiger partial charge in [-0.25, -0.2) is 0 Å². The van der Waals surface area contributed by atoms with E-state index in [1.165, 1.54) is 24.3 Å². The molecule has 0 spiro atoms. The van der Waals surface area contributed by atoms with Crippen molar-refractivity contribution < 1.29 is 27.5 Å². The second-order valence-corrected chi connectivity index (χ2v) is 3.87. The number of alkyl halides is 3. The molecule has 1 rings (SSSR count). The molecule has 1 aromatic carbocycles. The molecule has 0 aliphatic carbocycles. The molecule has 20 heavy (non-hydrogen) atoms. The number of hydrogen-bond donors (Lipinski definition) is 0. The van der Waals surface area contributed by atoms with E-state index in [2.05, 4.69) is 4.74 Å². The summed E-state index contributed by atoms with van der Waals surface area (Å²) >= 11 is 0. The van der Waals surface area contributed by atoms with Crippen LogP contribution >= 0.6 is 0 Å². The Morgan fingerprint density at radius 2 is 2.05 bits per heavy atom. The second kappa shape index (κ2) is 6.88. The summed E-state index contributed by atoms with van der Waals surface area (Å²) in [6, 6.07) is 3.25. The lowest BCUT2D eigenvalue weighted by Crippen LogP contribution is -2.08. The van der Waals surface area contributed by atoms with Crippen molar-refractivity contribution in [3.8, 4) is 0 Å². The molecule has 0 unspecified atom stereocenters. The van der Waals surface area contributed by atoms with Crippen molar-refractivity contribution in [1.82, 2.24) is 0 Å². The number of ether oxygens (including phenoxy) is 1. The summed E-state index contributed by atoms with van der Waals surface area (Å²) in [5.41, 5.74) is -1.07. The predicted octanol–water partition coefficient (Wildman–Crippen LogP) is 3.48. The second-order valence-electron chi connectivity index (χ2n) is 3.87. The number of rotatable bonds is 5.